The molecule has 2 rings (SSSR count). The number of benzene rings is 1. The average Bonchev–Trinajstić information content (AvgIpc) is 3.13. The van der Waals surface area contributed by atoms with Gasteiger partial charge >= 0.3 is 0 Å². The van der Waals surface area contributed by atoms with Crippen LogP contribution in [0, 0.1) is 5.82 Å². The van der Waals surface area contributed by atoms with Gasteiger partial charge < -0.3 is 20.5 Å². The van der Waals surface area contributed by atoms with Crippen molar-refractivity contribution in [3.05, 3.63) is 47.6 Å². The minimum absolute atomic E-state index is 0. The van der Waals surface area contributed by atoms with E-state index in [4.69, 9.17) is 4.52 Å². The topological polar surface area (TPSA) is 91.5 Å². The molecule has 0 saturated carbocycles. The highest BCUT2D eigenvalue weighted by atomic mass is 127. The lowest BCUT2D eigenvalue weighted by Gasteiger charge is -2.11. The molecule has 1 aromatic carbocycles. The number of aromatic nitrogens is 1. The van der Waals surface area contributed by atoms with E-state index >= 15 is 0 Å². The van der Waals surface area contributed by atoms with Crippen LogP contribution in [-0.2, 0) is 11.3 Å². The van der Waals surface area contributed by atoms with Crippen LogP contribution in [0.25, 0.3) is 0 Å². The quantitative estimate of drug-likeness (QED) is 0.291. The Balaban J connectivity index is 0.00000392. The summed E-state index contributed by atoms with van der Waals surface area (Å²) in [6.07, 6.45) is 2.03. The van der Waals surface area contributed by atoms with Crippen molar-refractivity contribution in [1.82, 2.24) is 15.8 Å². The van der Waals surface area contributed by atoms with E-state index in [-0.39, 0.29) is 42.2 Å². The summed E-state index contributed by atoms with van der Waals surface area (Å²) in [5.74, 6) is 0.950. The van der Waals surface area contributed by atoms with Crippen LogP contribution in [0.5, 0.6) is 0 Å². The maximum absolute atomic E-state index is 12.9. The molecule has 7 nitrogen and oxygen atoms in total. The van der Waals surface area contributed by atoms with Crippen molar-refractivity contribution >= 4 is 41.5 Å². The van der Waals surface area contributed by atoms with E-state index in [9.17, 15) is 9.18 Å². The van der Waals surface area contributed by atoms with E-state index in [0.29, 0.717) is 29.9 Å². The molecule has 0 aliphatic rings. The second-order valence-corrected chi connectivity index (χ2v) is 6.07. The van der Waals surface area contributed by atoms with Gasteiger partial charge in [0.05, 0.1) is 18.8 Å². The highest BCUT2D eigenvalue weighted by Crippen LogP contribution is 2.22. The maximum atomic E-state index is 12.9. The minimum Gasteiger partial charge on any atom is -0.359 e. The molecular formula is C19H27FIN5O2. The Bertz CT molecular complexity index is 760. The van der Waals surface area contributed by atoms with Crippen LogP contribution < -0.4 is 16.0 Å². The molecule has 2 aromatic rings. The van der Waals surface area contributed by atoms with Gasteiger partial charge in [-0.2, -0.15) is 0 Å². The van der Waals surface area contributed by atoms with Crippen molar-refractivity contribution < 1.29 is 13.7 Å². The van der Waals surface area contributed by atoms with Crippen LogP contribution in [0.4, 0.5) is 10.1 Å². The van der Waals surface area contributed by atoms with Crippen molar-refractivity contribution in [2.45, 2.75) is 39.2 Å². The fourth-order valence-electron chi connectivity index (χ4n) is 2.61. The van der Waals surface area contributed by atoms with Gasteiger partial charge in [0.1, 0.15) is 5.82 Å². The number of nitrogens with zero attached hydrogens (tertiary/aromatic N) is 2. The van der Waals surface area contributed by atoms with Crippen molar-refractivity contribution in [2.24, 2.45) is 4.99 Å². The molecule has 0 spiro atoms. The molecule has 0 bridgehead atoms. The first-order valence-corrected chi connectivity index (χ1v) is 9.01. The zero-order chi connectivity index (χ0) is 19.6. The Hall–Kier alpha value is -2.17. The summed E-state index contributed by atoms with van der Waals surface area (Å²) in [5, 5.41) is 12.8. The van der Waals surface area contributed by atoms with Crippen LogP contribution in [0.1, 0.15) is 44.1 Å². The number of anilines is 1. The van der Waals surface area contributed by atoms with Crippen LogP contribution in [0.15, 0.2) is 39.8 Å². The molecule has 0 atom stereocenters. The second kappa shape index (κ2) is 12.3. The van der Waals surface area contributed by atoms with E-state index in [0.717, 1.165) is 18.5 Å². The fraction of sp³-hybridized carbons (Fsp3) is 0.421. The van der Waals surface area contributed by atoms with Gasteiger partial charge in [0.25, 0.3) is 0 Å². The number of rotatable bonds is 8. The molecule has 154 valence electrons. The first-order chi connectivity index (χ1) is 13.0. The van der Waals surface area contributed by atoms with Gasteiger partial charge in [0.15, 0.2) is 11.7 Å². The number of guanidine groups is 1. The third-order valence-electron chi connectivity index (χ3n) is 4.18. The summed E-state index contributed by atoms with van der Waals surface area (Å²) in [7, 11) is 1.61. The molecular weight excluding hydrogens is 476 g/mol. The standard InChI is InChI=1S/C19H26FN5O2.HI/c1-4-13(5-2)17-10-16(27-25-17)11-22-19(21-3)23-12-18(26)24-15-8-6-14(20)7-9-15;/h6-10,13H,4-5,11-12H2,1-3H3,(H,24,26)(H2,21,22,23);1H. The van der Waals surface area contributed by atoms with E-state index in [1.54, 1.807) is 7.05 Å². The second-order valence-electron chi connectivity index (χ2n) is 6.07. The predicted octanol–water partition coefficient (Wildman–Crippen LogP) is 3.64. The highest BCUT2D eigenvalue weighted by molar-refractivity contribution is 14.0. The van der Waals surface area contributed by atoms with Gasteiger partial charge in [0.2, 0.25) is 5.91 Å². The molecule has 9 heteroatoms. The highest BCUT2D eigenvalue weighted by Gasteiger charge is 2.13. The molecule has 3 N–H and O–H groups in total. The Morgan fingerprint density at radius 1 is 1.21 bits per heavy atom. The molecule has 1 amide bonds. The van der Waals surface area contributed by atoms with Gasteiger partial charge in [-0.3, -0.25) is 9.79 Å². The molecule has 0 aliphatic heterocycles. The zero-order valence-electron chi connectivity index (χ0n) is 16.3. The molecule has 0 fully saturated rings. The smallest absolute Gasteiger partial charge is 0.243 e. The maximum Gasteiger partial charge on any atom is 0.243 e. The first kappa shape index (κ1) is 23.9. The Kier molecular flexibility index (Phi) is 10.5. The number of hydrogen-bond acceptors (Lipinski definition) is 4. The summed E-state index contributed by atoms with van der Waals surface area (Å²) >= 11 is 0. The summed E-state index contributed by atoms with van der Waals surface area (Å²) in [6, 6.07) is 7.52. The number of carbonyl (C=O) groups is 1. The van der Waals surface area contributed by atoms with Crippen molar-refractivity contribution in [2.75, 3.05) is 18.9 Å². The summed E-state index contributed by atoms with van der Waals surface area (Å²) in [6.45, 7) is 4.69. The lowest BCUT2D eigenvalue weighted by molar-refractivity contribution is -0.115. The van der Waals surface area contributed by atoms with Gasteiger partial charge in [-0.25, -0.2) is 4.39 Å². The molecule has 1 aromatic heterocycles. The number of aliphatic imine (C=N–C) groups is 1. The largest absolute Gasteiger partial charge is 0.359 e. The number of nitrogens with one attached hydrogen (secondary N) is 3. The minimum atomic E-state index is -0.351. The lowest BCUT2D eigenvalue weighted by Crippen LogP contribution is -2.41. The van der Waals surface area contributed by atoms with Crippen LogP contribution in [0.3, 0.4) is 0 Å². The molecule has 0 unspecified atom stereocenters. The SMILES string of the molecule is CCC(CC)c1cc(CNC(=NC)NCC(=O)Nc2ccc(F)cc2)on1.I. The summed E-state index contributed by atoms with van der Waals surface area (Å²) < 4.78 is 18.2. The van der Waals surface area contributed by atoms with Crippen LogP contribution in [-0.4, -0.2) is 30.6 Å². The van der Waals surface area contributed by atoms with Gasteiger partial charge in [-0.15, -0.1) is 24.0 Å². The number of amides is 1. The van der Waals surface area contributed by atoms with Crippen LogP contribution >= 0.6 is 24.0 Å². The van der Waals surface area contributed by atoms with E-state index in [1.165, 1.54) is 24.3 Å². The van der Waals surface area contributed by atoms with E-state index in [1.807, 2.05) is 6.07 Å². The monoisotopic (exact) mass is 503 g/mol. The molecule has 1 heterocycles. The van der Waals surface area contributed by atoms with Crippen LogP contribution in [0.2, 0.25) is 0 Å². The number of hydrogen-bond donors (Lipinski definition) is 3. The fourth-order valence-corrected chi connectivity index (χ4v) is 2.61. The molecule has 28 heavy (non-hydrogen) atoms. The zero-order valence-corrected chi connectivity index (χ0v) is 18.6. The Labute approximate surface area is 181 Å². The number of halogens is 2. The van der Waals surface area contributed by atoms with Crippen molar-refractivity contribution in [1.29, 1.82) is 0 Å². The van der Waals surface area contributed by atoms with E-state index < -0.39 is 0 Å². The van der Waals surface area contributed by atoms with Gasteiger partial charge in [-0.05, 0) is 37.1 Å². The Morgan fingerprint density at radius 3 is 2.50 bits per heavy atom. The third kappa shape index (κ3) is 7.45. The average molecular weight is 503 g/mol. The van der Waals surface area contributed by atoms with Gasteiger partial charge in [-0.1, -0.05) is 19.0 Å². The molecule has 0 aliphatic carbocycles. The third-order valence-corrected chi connectivity index (χ3v) is 4.18. The predicted molar refractivity (Wildman–Crippen MR) is 118 cm³/mol. The lowest BCUT2D eigenvalue weighted by atomic mass is 9.99. The first-order valence-electron chi connectivity index (χ1n) is 9.01. The number of carbonyl (C=O) groups excluding carboxylic acids is 1. The van der Waals surface area contributed by atoms with E-state index in [2.05, 4.69) is 39.9 Å². The normalized spacial score (nSPS) is 11.1. The summed E-state index contributed by atoms with van der Waals surface area (Å²) in [4.78, 5) is 16.0. The summed E-state index contributed by atoms with van der Waals surface area (Å²) in [5.41, 5.74) is 1.49. The van der Waals surface area contributed by atoms with Gasteiger partial charge in [0, 0.05) is 24.7 Å². The van der Waals surface area contributed by atoms with Crippen molar-refractivity contribution in [3.8, 4) is 0 Å². The Morgan fingerprint density at radius 2 is 1.89 bits per heavy atom. The molecule has 0 radical (unpaired) electrons. The molecule has 0 saturated heterocycles. The van der Waals surface area contributed by atoms with Crippen molar-refractivity contribution in [3.63, 3.8) is 0 Å².